The molecule has 2 nitrogen and oxygen atoms in total. The lowest BCUT2D eigenvalue weighted by Gasteiger charge is -2.14. The first kappa shape index (κ1) is 15.3. The van der Waals surface area contributed by atoms with Crippen molar-refractivity contribution >= 4 is 33.2 Å². The van der Waals surface area contributed by atoms with Gasteiger partial charge in [-0.3, -0.25) is 4.79 Å². The molecule has 1 heterocycles. The number of carbonyl (C=O) groups is 1. The number of hydrogen-bond acceptors (Lipinski definition) is 2. The summed E-state index contributed by atoms with van der Waals surface area (Å²) in [5.41, 5.74) is 2.48. The van der Waals surface area contributed by atoms with Crippen LogP contribution in [0.4, 0.5) is 0 Å². The van der Waals surface area contributed by atoms with Gasteiger partial charge in [-0.25, -0.2) is 0 Å². The summed E-state index contributed by atoms with van der Waals surface area (Å²) in [4.78, 5) is 11.9. The van der Waals surface area contributed by atoms with Gasteiger partial charge in [0.1, 0.15) is 0 Å². The van der Waals surface area contributed by atoms with Crippen molar-refractivity contribution in [1.29, 1.82) is 0 Å². The number of rotatable bonds is 6. The Morgan fingerprint density at radius 2 is 2.00 bits per heavy atom. The Labute approximate surface area is 132 Å². The quantitative estimate of drug-likeness (QED) is 0.830. The van der Waals surface area contributed by atoms with Crippen molar-refractivity contribution in [3.05, 3.63) is 56.7 Å². The Morgan fingerprint density at radius 1 is 1.25 bits per heavy atom. The summed E-state index contributed by atoms with van der Waals surface area (Å²) in [7, 11) is 0. The maximum absolute atomic E-state index is 11.9. The minimum Gasteiger partial charge on any atom is -0.353 e. The number of aryl methyl sites for hydroxylation is 1. The minimum absolute atomic E-state index is 0.126. The molecular formula is C16H18BrNOS. The molecule has 1 amide bonds. The second-order valence-electron chi connectivity index (χ2n) is 4.93. The maximum Gasteiger partial charge on any atom is 0.220 e. The molecule has 0 aliphatic heterocycles. The van der Waals surface area contributed by atoms with Crippen LogP contribution >= 0.6 is 27.3 Å². The first-order chi connectivity index (χ1) is 9.63. The predicted molar refractivity (Wildman–Crippen MR) is 88.1 cm³/mol. The Balaban J connectivity index is 1.74. The van der Waals surface area contributed by atoms with Crippen LogP contribution in [0.3, 0.4) is 0 Å². The van der Waals surface area contributed by atoms with Crippen LogP contribution in [0.5, 0.6) is 0 Å². The van der Waals surface area contributed by atoms with Crippen molar-refractivity contribution in [3.8, 4) is 0 Å². The lowest BCUT2D eigenvalue weighted by atomic mass is 10.1. The Morgan fingerprint density at radius 3 is 2.65 bits per heavy atom. The molecule has 106 valence electrons. The smallest absolute Gasteiger partial charge is 0.220 e. The molecular weight excluding hydrogens is 334 g/mol. The Hall–Kier alpha value is -1.13. The highest BCUT2D eigenvalue weighted by molar-refractivity contribution is 9.10. The van der Waals surface area contributed by atoms with Crippen LogP contribution in [0, 0.1) is 0 Å². The molecule has 1 aromatic heterocycles. The van der Waals surface area contributed by atoms with E-state index in [0.29, 0.717) is 6.42 Å². The number of hydrogen-bond donors (Lipinski definition) is 1. The van der Waals surface area contributed by atoms with E-state index in [2.05, 4.69) is 44.8 Å². The van der Waals surface area contributed by atoms with Crippen molar-refractivity contribution in [1.82, 2.24) is 5.32 Å². The van der Waals surface area contributed by atoms with Gasteiger partial charge in [0.15, 0.2) is 0 Å². The SMILES string of the molecule is C[C@H](Cc1ccc(Br)cc1)NC(=O)CCc1ccsc1. The molecule has 0 radical (unpaired) electrons. The summed E-state index contributed by atoms with van der Waals surface area (Å²) in [6, 6.07) is 10.5. The van der Waals surface area contributed by atoms with Gasteiger partial charge in [0.05, 0.1) is 0 Å². The Bertz CT molecular complexity index is 536. The molecule has 20 heavy (non-hydrogen) atoms. The van der Waals surface area contributed by atoms with Gasteiger partial charge in [-0.1, -0.05) is 28.1 Å². The second kappa shape index (κ2) is 7.60. The number of nitrogens with one attached hydrogen (secondary N) is 1. The van der Waals surface area contributed by atoms with Crippen molar-refractivity contribution in [2.24, 2.45) is 0 Å². The van der Waals surface area contributed by atoms with Gasteiger partial charge < -0.3 is 5.32 Å². The lowest BCUT2D eigenvalue weighted by molar-refractivity contribution is -0.121. The van der Waals surface area contributed by atoms with Crippen LogP contribution in [-0.4, -0.2) is 11.9 Å². The van der Waals surface area contributed by atoms with Crippen molar-refractivity contribution < 1.29 is 4.79 Å². The van der Waals surface area contributed by atoms with Gasteiger partial charge in [-0.15, -0.1) is 0 Å². The third-order valence-electron chi connectivity index (χ3n) is 3.08. The van der Waals surface area contributed by atoms with Crippen molar-refractivity contribution in [3.63, 3.8) is 0 Å². The standard InChI is InChI=1S/C16H18BrNOS/c1-12(10-13-2-5-15(17)6-3-13)18-16(19)7-4-14-8-9-20-11-14/h2-3,5-6,8-9,11-12H,4,7,10H2,1H3,(H,18,19)/t12-/m1/s1. The minimum atomic E-state index is 0.126. The summed E-state index contributed by atoms with van der Waals surface area (Å²) < 4.78 is 1.08. The first-order valence-corrected chi connectivity index (χ1v) is 8.42. The van der Waals surface area contributed by atoms with E-state index in [1.54, 1.807) is 11.3 Å². The molecule has 0 saturated carbocycles. The van der Waals surface area contributed by atoms with Gasteiger partial charge in [-0.05, 0) is 59.9 Å². The first-order valence-electron chi connectivity index (χ1n) is 6.68. The average Bonchev–Trinajstić information content (AvgIpc) is 2.92. The van der Waals surface area contributed by atoms with Crippen LogP contribution in [0.25, 0.3) is 0 Å². The molecule has 4 heteroatoms. The van der Waals surface area contributed by atoms with E-state index in [9.17, 15) is 4.79 Å². The number of amides is 1. The molecule has 1 N–H and O–H groups in total. The highest BCUT2D eigenvalue weighted by Gasteiger charge is 2.08. The monoisotopic (exact) mass is 351 g/mol. The fraction of sp³-hybridized carbons (Fsp3) is 0.312. The van der Waals surface area contributed by atoms with E-state index in [4.69, 9.17) is 0 Å². The molecule has 1 aromatic carbocycles. The summed E-state index contributed by atoms with van der Waals surface area (Å²) in [5, 5.41) is 7.20. The summed E-state index contributed by atoms with van der Waals surface area (Å²) >= 11 is 5.09. The normalized spacial score (nSPS) is 12.1. The van der Waals surface area contributed by atoms with Crippen LogP contribution in [-0.2, 0) is 17.6 Å². The van der Waals surface area contributed by atoms with E-state index >= 15 is 0 Å². The Kier molecular flexibility index (Phi) is 5.80. The van der Waals surface area contributed by atoms with E-state index in [1.165, 1.54) is 11.1 Å². The summed E-state index contributed by atoms with van der Waals surface area (Å²) in [6.45, 7) is 2.05. The zero-order valence-electron chi connectivity index (χ0n) is 11.4. The molecule has 2 rings (SSSR count). The number of halogens is 1. The molecule has 0 fully saturated rings. The van der Waals surface area contributed by atoms with Gasteiger partial charge in [0.2, 0.25) is 5.91 Å². The molecule has 2 aromatic rings. The molecule has 0 bridgehead atoms. The molecule has 0 aliphatic carbocycles. The third-order valence-corrected chi connectivity index (χ3v) is 4.34. The second-order valence-corrected chi connectivity index (χ2v) is 6.63. The zero-order chi connectivity index (χ0) is 14.4. The van der Waals surface area contributed by atoms with E-state index in [-0.39, 0.29) is 11.9 Å². The lowest BCUT2D eigenvalue weighted by Crippen LogP contribution is -2.34. The average molecular weight is 352 g/mol. The molecule has 0 saturated heterocycles. The number of carbonyl (C=O) groups excluding carboxylic acids is 1. The topological polar surface area (TPSA) is 29.1 Å². The van der Waals surface area contributed by atoms with Crippen molar-refractivity contribution in [2.75, 3.05) is 0 Å². The molecule has 1 atom stereocenters. The van der Waals surface area contributed by atoms with Gasteiger partial charge >= 0.3 is 0 Å². The van der Waals surface area contributed by atoms with Crippen molar-refractivity contribution in [2.45, 2.75) is 32.2 Å². The summed E-state index contributed by atoms with van der Waals surface area (Å²) in [6.07, 6.45) is 2.24. The molecule has 0 aliphatic rings. The number of benzene rings is 1. The van der Waals surface area contributed by atoms with E-state index in [1.807, 2.05) is 24.4 Å². The van der Waals surface area contributed by atoms with E-state index < -0.39 is 0 Å². The zero-order valence-corrected chi connectivity index (χ0v) is 13.8. The summed E-state index contributed by atoms with van der Waals surface area (Å²) in [5.74, 6) is 0.126. The molecule has 0 unspecified atom stereocenters. The largest absolute Gasteiger partial charge is 0.353 e. The molecule has 0 spiro atoms. The van der Waals surface area contributed by atoms with Gasteiger partial charge in [0, 0.05) is 16.9 Å². The van der Waals surface area contributed by atoms with Gasteiger partial charge in [0.25, 0.3) is 0 Å². The van der Waals surface area contributed by atoms with Crippen LogP contribution in [0.2, 0.25) is 0 Å². The highest BCUT2D eigenvalue weighted by Crippen LogP contribution is 2.12. The van der Waals surface area contributed by atoms with Crippen LogP contribution in [0.15, 0.2) is 45.6 Å². The maximum atomic E-state index is 11.9. The van der Waals surface area contributed by atoms with Crippen LogP contribution < -0.4 is 5.32 Å². The fourth-order valence-corrected chi connectivity index (χ4v) is 3.03. The highest BCUT2D eigenvalue weighted by atomic mass is 79.9. The number of thiophene rings is 1. The van der Waals surface area contributed by atoms with Gasteiger partial charge in [-0.2, -0.15) is 11.3 Å². The van der Waals surface area contributed by atoms with Crippen LogP contribution in [0.1, 0.15) is 24.5 Å². The fourth-order valence-electron chi connectivity index (χ4n) is 2.06. The van der Waals surface area contributed by atoms with E-state index in [0.717, 1.165) is 17.3 Å². The third kappa shape index (κ3) is 5.10. The predicted octanol–water partition coefficient (Wildman–Crippen LogP) is 4.19.